The number of aromatic carboxylic acids is 1. The van der Waals surface area contributed by atoms with Gasteiger partial charge in [0.15, 0.2) is 11.6 Å². The minimum absolute atomic E-state index is 0.00105. The molecule has 2 aromatic carbocycles. The summed E-state index contributed by atoms with van der Waals surface area (Å²) < 4.78 is 33.6. The highest BCUT2D eigenvalue weighted by Gasteiger charge is 2.35. The molecule has 0 atom stereocenters. The van der Waals surface area contributed by atoms with Gasteiger partial charge in [0.2, 0.25) is 5.88 Å². The number of rotatable bonds is 10. The molecule has 222 valence electrons. The SMILES string of the molecule is CC1(Cn2c(CN3CCC(Oc4cccc(COc5ccc(C#N)cc5F)n4)CC3)nc3ccc(C(=O)O)cc32)COC1. The fourth-order valence-electron chi connectivity index (χ4n) is 5.53. The van der Waals surface area contributed by atoms with Crippen LogP contribution >= 0.6 is 0 Å². The Labute approximate surface area is 248 Å². The monoisotopic (exact) mass is 585 g/mol. The maximum Gasteiger partial charge on any atom is 0.335 e. The number of aromatic nitrogens is 3. The first-order valence-corrected chi connectivity index (χ1v) is 14.3. The number of nitrogens with zero attached hydrogens (tertiary/aromatic N) is 5. The number of hydrogen-bond donors (Lipinski definition) is 1. The topological polar surface area (TPSA) is 123 Å². The summed E-state index contributed by atoms with van der Waals surface area (Å²) in [6.07, 6.45) is 1.63. The molecule has 11 heteroatoms. The molecule has 4 aromatic rings. The molecule has 0 saturated carbocycles. The van der Waals surface area contributed by atoms with Gasteiger partial charge < -0.3 is 23.9 Å². The third-order valence-corrected chi connectivity index (χ3v) is 7.92. The molecule has 43 heavy (non-hydrogen) atoms. The smallest absolute Gasteiger partial charge is 0.335 e. The molecule has 0 amide bonds. The van der Waals surface area contributed by atoms with Gasteiger partial charge in [0.1, 0.15) is 18.5 Å². The normalized spacial score (nSPS) is 16.9. The van der Waals surface area contributed by atoms with Crippen LogP contribution in [0.1, 0.15) is 47.2 Å². The second-order valence-electron chi connectivity index (χ2n) is 11.5. The molecule has 0 aliphatic carbocycles. The van der Waals surface area contributed by atoms with Gasteiger partial charge in [-0.3, -0.25) is 4.90 Å². The van der Waals surface area contributed by atoms with Crippen LogP contribution in [-0.4, -0.2) is 62.9 Å². The van der Waals surface area contributed by atoms with E-state index >= 15 is 0 Å². The lowest BCUT2D eigenvalue weighted by Gasteiger charge is -2.39. The molecule has 2 fully saturated rings. The third-order valence-electron chi connectivity index (χ3n) is 7.92. The van der Waals surface area contributed by atoms with E-state index in [-0.39, 0.29) is 35.0 Å². The largest absolute Gasteiger partial charge is 0.484 e. The number of fused-ring (bicyclic) bond motifs is 1. The van der Waals surface area contributed by atoms with Crippen LogP contribution in [0, 0.1) is 22.6 Å². The van der Waals surface area contributed by atoms with E-state index in [1.165, 1.54) is 12.1 Å². The number of ether oxygens (including phenoxy) is 3. The van der Waals surface area contributed by atoms with E-state index in [1.807, 2.05) is 12.1 Å². The van der Waals surface area contributed by atoms with Crippen molar-refractivity contribution in [3.05, 3.63) is 83.1 Å². The van der Waals surface area contributed by atoms with Crippen LogP contribution in [0.3, 0.4) is 0 Å². The summed E-state index contributed by atoms with van der Waals surface area (Å²) >= 11 is 0. The van der Waals surface area contributed by atoms with Gasteiger partial charge >= 0.3 is 5.97 Å². The number of carbonyl (C=O) groups is 1. The number of pyridine rings is 1. The molecule has 0 unspecified atom stereocenters. The molecule has 0 spiro atoms. The molecule has 0 bridgehead atoms. The Morgan fingerprint density at radius 1 is 1.16 bits per heavy atom. The lowest BCUT2D eigenvalue weighted by atomic mass is 9.88. The summed E-state index contributed by atoms with van der Waals surface area (Å²) in [5.41, 5.74) is 2.70. The highest BCUT2D eigenvalue weighted by Crippen LogP contribution is 2.32. The molecular weight excluding hydrogens is 553 g/mol. The van der Waals surface area contributed by atoms with E-state index < -0.39 is 11.8 Å². The summed E-state index contributed by atoms with van der Waals surface area (Å²) in [6, 6.07) is 16.5. The van der Waals surface area contributed by atoms with E-state index in [0.717, 1.165) is 48.9 Å². The zero-order chi connectivity index (χ0) is 30.0. The van der Waals surface area contributed by atoms with Crippen LogP contribution in [0.4, 0.5) is 4.39 Å². The van der Waals surface area contributed by atoms with Gasteiger partial charge in [-0.1, -0.05) is 13.0 Å². The van der Waals surface area contributed by atoms with Crippen molar-refractivity contribution in [1.82, 2.24) is 19.4 Å². The molecule has 4 heterocycles. The molecule has 10 nitrogen and oxygen atoms in total. The van der Waals surface area contributed by atoms with Crippen molar-refractivity contribution in [2.24, 2.45) is 5.41 Å². The van der Waals surface area contributed by atoms with Gasteiger partial charge in [-0.15, -0.1) is 0 Å². The molecule has 2 saturated heterocycles. The first-order valence-electron chi connectivity index (χ1n) is 14.3. The minimum atomic E-state index is -0.954. The number of carboxylic acid groups (broad SMARTS) is 1. The summed E-state index contributed by atoms with van der Waals surface area (Å²) in [7, 11) is 0. The Hall–Kier alpha value is -4.53. The fourth-order valence-corrected chi connectivity index (χ4v) is 5.53. The number of hydrogen-bond acceptors (Lipinski definition) is 8. The summed E-state index contributed by atoms with van der Waals surface area (Å²) in [5, 5.41) is 18.4. The van der Waals surface area contributed by atoms with Crippen molar-refractivity contribution in [2.75, 3.05) is 26.3 Å². The second-order valence-corrected chi connectivity index (χ2v) is 11.5. The summed E-state index contributed by atoms with van der Waals surface area (Å²) in [6.45, 7) is 6.57. The zero-order valence-electron chi connectivity index (χ0n) is 23.8. The third kappa shape index (κ3) is 6.45. The van der Waals surface area contributed by atoms with E-state index in [9.17, 15) is 14.3 Å². The van der Waals surface area contributed by atoms with Crippen molar-refractivity contribution in [1.29, 1.82) is 5.26 Å². The molecule has 1 N–H and O–H groups in total. The lowest BCUT2D eigenvalue weighted by molar-refractivity contribution is -0.110. The number of carboxylic acids is 1. The first-order chi connectivity index (χ1) is 20.8. The van der Waals surface area contributed by atoms with Gasteiger partial charge in [-0.05, 0) is 55.3 Å². The number of imidazole rings is 1. The predicted octanol–water partition coefficient (Wildman–Crippen LogP) is 4.80. The average Bonchev–Trinajstić information content (AvgIpc) is 3.32. The highest BCUT2D eigenvalue weighted by atomic mass is 19.1. The van der Waals surface area contributed by atoms with E-state index in [4.69, 9.17) is 24.5 Å². The highest BCUT2D eigenvalue weighted by molar-refractivity contribution is 5.92. The molecule has 2 aliphatic heterocycles. The molecule has 2 aromatic heterocycles. The number of likely N-dealkylation sites (tertiary alicyclic amines) is 1. The van der Waals surface area contributed by atoms with Crippen LogP contribution in [-0.2, 0) is 24.4 Å². The maximum absolute atomic E-state index is 14.2. The quantitative estimate of drug-likeness (QED) is 0.280. The lowest BCUT2D eigenvalue weighted by Crippen LogP contribution is -2.44. The first kappa shape index (κ1) is 28.6. The Bertz CT molecular complexity index is 1690. The van der Waals surface area contributed by atoms with Crippen molar-refractivity contribution in [2.45, 2.75) is 45.6 Å². The Morgan fingerprint density at radius 2 is 1.98 bits per heavy atom. The molecule has 2 aliphatic rings. The van der Waals surface area contributed by atoms with Crippen LogP contribution < -0.4 is 9.47 Å². The number of benzene rings is 2. The van der Waals surface area contributed by atoms with Crippen LogP contribution in [0.5, 0.6) is 11.6 Å². The Balaban J connectivity index is 1.07. The van der Waals surface area contributed by atoms with Crippen LogP contribution in [0.15, 0.2) is 54.6 Å². The van der Waals surface area contributed by atoms with Gasteiger partial charge in [0.25, 0.3) is 0 Å². The van der Waals surface area contributed by atoms with E-state index in [0.29, 0.717) is 37.9 Å². The van der Waals surface area contributed by atoms with Crippen LogP contribution in [0.2, 0.25) is 0 Å². The van der Waals surface area contributed by atoms with Crippen molar-refractivity contribution >= 4 is 17.0 Å². The van der Waals surface area contributed by atoms with E-state index in [2.05, 4.69) is 21.4 Å². The van der Waals surface area contributed by atoms with Gasteiger partial charge in [-0.25, -0.2) is 19.2 Å². The summed E-state index contributed by atoms with van der Waals surface area (Å²) in [4.78, 5) is 23.4. The molecule has 0 radical (unpaired) electrons. The summed E-state index contributed by atoms with van der Waals surface area (Å²) in [5.74, 6) is -0.0790. The average molecular weight is 586 g/mol. The van der Waals surface area contributed by atoms with Crippen molar-refractivity contribution < 1.29 is 28.5 Å². The standard InChI is InChI=1S/C32H32FN5O5/c1-32(19-41-20-32)18-38-27-14-22(31(39)40)6-7-26(27)36-29(38)16-37-11-9-24(10-12-37)43-30-4-2-3-23(35-30)17-42-28-8-5-21(15-34)13-25(28)33/h2-8,13-14,24H,9-12,16-20H2,1H3,(H,39,40). The van der Waals surface area contributed by atoms with Crippen LogP contribution in [0.25, 0.3) is 11.0 Å². The minimum Gasteiger partial charge on any atom is -0.484 e. The molecular formula is C32H32FN5O5. The number of halogens is 1. The van der Waals surface area contributed by atoms with E-state index in [1.54, 1.807) is 30.3 Å². The van der Waals surface area contributed by atoms with Crippen molar-refractivity contribution in [3.63, 3.8) is 0 Å². The van der Waals surface area contributed by atoms with Gasteiger partial charge in [0.05, 0.1) is 53.7 Å². The van der Waals surface area contributed by atoms with Gasteiger partial charge in [0, 0.05) is 31.1 Å². The Kier molecular flexibility index (Phi) is 7.97. The number of piperidine rings is 1. The van der Waals surface area contributed by atoms with Crippen molar-refractivity contribution in [3.8, 4) is 17.7 Å². The maximum atomic E-state index is 14.2. The molecule has 6 rings (SSSR count). The fraction of sp³-hybridized carbons (Fsp3) is 0.375. The number of nitriles is 1. The Morgan fingerprint density at radius 3 is 2.67 bits per heavy atom. The predicted molar refractivity (Wildman–Crippen MR) is 154 cm³/mol. The zero-order valence-corrected chi connectivity index (χ0v) is 23.8. The van der Waals surface area contributed by atoms with Gasteiger partial charge in [-0.2, -0.15) is 5.26 Å². The second kappa shape index (κ2) is 12.0.